The van der Waals surface area contributed by atoms with E-state index in [2.05, 4.69) is 142 Å². The minimum atomic E-state index is 0.576. The lowest BCUT2D eigenvalue weighted by atomic mass is 9.78. The van der Waals surface area contributed by atoms with E-state index in [0.29, 0.717) is 23.7 Å². The van der Waals surface area contributed by atoms with Gasteiger partial charge in [-0.2, -0.15) is 0 Å². The van der Waals surface area contributed by atoms with Gasteiger partial charge in [0.2, 0.25) is 0 Å². The number of rotatable bonds is 18. The molecule has 0 heteroatoms. The maximum absolute atomic E-state index is 2.41. The van der Waals surface area contributed by atoms with Crippen molar-refractivity contribution in [2.24, 2.45) is 5.92 Å². The Morgan fingerprint density at radius 2 is 0.857 bits per heavy atom. The van der Waals surface area contributed by atoms with Crippen LogP contribution in [0.25, 0.3) is 0 Å². The summed E-state index contributed by atoms with van der Waals surface area (Å²) >= 11 is 0. The molecule has 0 aliphatic carbocycles. The van der Waals surface area contributed by atoms with E-state index in [4.69, 9.17) is 0 Å². The smallest absolute Gasteiger partial charge is 0.0154 e. The molecule has 0 N–H and O–H groups in total. The lowest BCUT2D eigenvalue weighted by Crippen LogP contribution is -2.11. The van der Waals surface area contributed by atoms with Crippen LogP contribution in [0.15, 0.2) is 121 Å². The summed E-state index contributed by atoms with van der Waals surface area (Å²) < 4.78 is 0. The maximum atomic E-state index is 2.41. The minimum Gasteiger partial charge on any atom is -0.0651 e. The zero-order chi connectivity index (χ0) is 29.4. The Bertz CT molecular complexity index is 1210. The van der Waals surface area contributed by atoms with Gasteiger partial charge < -0.3 is 0 Å². The average Bonchev–Trinajstić information content (AvgIpc) is 3.06. The third-order valence-corrected chi connectivity index (χ3v) is 9.74. The summed E-state index contributed by atoms with van der Waals surface area (Å²) in [6.07, 6.45) is 13.0. The monoisotopic (exact) mass is 558 g/mol. The molecule has 0 radical (unpaired) electrons. The van der Waals surface area contributed by atoms with Gasteiger partial charge in [0, 0.05) is 0 Å². The SMILES string of the molecule is CCC(CCCCCC(CC(CC)c1ccccc1)c1ccccc1)CC(CC(C)c1ccccc1)c1ccccc1. The summed E-state index contributed by atoms with van der Waals surface area (Å²) in [7, 11) is 0. The van der Waals surface area contributed by atoms with Gasteiger partial charge in [0.1, 0.15) is 0 Å². The zero-order valence-electron chi connectivity index (χ0n) is 26.5. The van der Waals surface area contributed by atoms with Crippen LogP contribution in [0, 0.1) is 5.92 Å². The summed E-state index contributed by atoms with van der Waals surface area (Å²) in [6, 6.07) is 44.9. The molecule has 0 aromatic heterocycles. The standard InChI is InChI=1S/C42H54/c1-4-35(32-42(40-28-18-10-19-29-40)31-34(3)37-22-12-7-13-23-37)21-11-6-20-30-41(39-26-16-9-17-27-39)33-36(5-2)38-24-14-8-15-25-38/h7-10,12-19,22-29,34-36,41-42H,4-6,11,20-21,30-33H2,1-3H3. The summed E-state index contributed by atoms with van der Waals surface area (Å²) in [5.41, 5.74) is 6.02. The molecular formula is C42H54. The molecular weight excluding hydrogens is 504 g/mol. The van der Waals surface area contributed by atoms with Crippen LogP contribution < -0.4 is 0 Å². The molecule has 0 amide bonds. The molecule has 0 saturated heterocycles. The molecule has 0 nitrogen and oxygen atoms in total. The van der Waals surface area contributed by atoms with Crippen molar-refractivity contribution >= 4 is 0 Å². The van der Waals surface area contributed by atoms with E-state index >= 15 is 0 Å². The summed E-state index contributed by atoms with van der Waals surface area (Å²) in [6.45, 7) is 7.18. The fourth-order valence-corrected chi connectivity index (χ4v) is 7.08. The first-order chi connectivity index (χ1) is 20.7. The van der Waals surface area contributed by atoms with Crippen molar-refractivity contribution in [2.45, 2.75) is 109 Å². The molecule has 0 fully saturated rings. The molecule has 0 bridgehead atoms. The molecule has 42 heavy (non-hydrogen) atoms. The van der Waals surface area contributed by atoms with E-state index < -0.39 is 0 Å². The van der Waals surface area contributed by atoms with Crippen LogP contribution in [-0.2, 0) is 0 Å². The predicted molar refractivity (Wildman–Crippen MR) is 183 cm³/mol. The Hall–Kier alpha value is -3.12. The van der Waals surface area contributed by atoms with Gasteiger partial charge in [0.05, 0.1) is 0 Å². The topological polar surface area (TPSA) is 0 Å². The Morgan fingerprint density at radius 1 is 0.405 bits per heavy atom. The Kier molecular flexibility index (Phi) is 13.4. The molecule has 4 aromatic carbocycles. The van der Waals surface area contributed by atoms with E-state index in [1.165, 1.54) is 86.5 Å². The fourth-order valence-electron chi connectivity index (χ4n) is 7.08. The third-order valence-electron chi connectivity index (χ3n) is 9.74. The Balaban J connectivity index is 1.31. The lowest BCUT2D eigenvalue weighted by Gasteiger charge is -2.26. The van der Waals surface area contributed by atoms with Crippen LogP contribution in [0.5, 0.6) is 0 Å². The highest BCUT2D eigenvalue weighted by Crippen LogP contribution is 2.38. The Labute approximate surface area is 257 Å². The van der Waals surface area contributed by atoms with Crippen molar-refractivity contribution in [1.29, 1.82) is 0 Å². The average molecular weight is 559 g/mol. The normalized spacial score (nSPS) is 15.0. The van der Waals surface area contributed by atoms with Crippen LogP contribution in [0.4, 0.5) is 0 Å². The van der Waals surface area contributed by atoms with Gasteiger partial charge in [-0.05, 0) is 83.9 Å². The van der Waals surface area contributed by atoms with Gasteiger partial charge in [-0.3, -0.25) is 0 Å². The first-order valence-corrected chi connectivity index (χ1v) is 16.9. The molecule has 0 aliphatic heterocycles. The van der Waals surface area contributed by atoms with E-state index in [1.54, 1.807) is 0 Å². The number of unbranched alkanes of at least 4 members (excludes halogenated alkanes) is 2. The maximum Gasteiger partial charge on any atom is -0.0154 e. The fraction of sp³-hybridized carbons (Fsp3) is 0.429. The third kappa shape index (κ3) is 10.0. The highest BCUT2D eigenvalue weighted by molar-refractivity contribution is 5.25. The van der Waals surface area contributed by atoms with Gasteiger partial charge in [0.15, 0.2) is 0 Å². The van der Waals surface area contributed by atoms with Crippen LogP contribution in [-0.4, -0.2) is 0 Å². The van der Waals surface area contributed by atoms with Crippen molar-refractivity contribution < 1.29 is 0 Å². The first kappa shape index (κ1) is 31.8. The van der Waals surface area contributed by atoms with E-state index in [0.717, 1.165) is 5.92 Å². The number of hydrogen-bond acceptors (Lipinski definition) is 0. The molecule has 4 aromatic rings. The highest BCUT2D eigenvalue weighted by atomic mass is 14.3. The minimum absolute atomic E-state index is 0.576. The molecule has 222 valence electrons. The highest BCUT2D eigenvalue weighted by Gasteiger charge is 2.21. The zero-order valence-corrected chi connectivity index (χ0v) is 26.5. The van der Waals surface area contributed by atoms with Crippen LogP contribution in [0.2, 0.25) is 0 Å². The quantitative estimate of drug-likeness (QED) is 0.107. The number of benzene rings is 4. The van der Waals surface area contributed by atoms with Crippen LogP contribution in [0.3, 0.4) is 0 Å². The van der Waals surface area contributed by atoms with Crippen LogP contribution >= 0.6 is 0 Å². The van der Waals surface area contributed by atoms with Crippen molar-refractivity contribution in [2.75, 3.05) is 0 Å². The number of hydrogen-bond donors (Lipinski definition) is 0. The van der Waals surface area contributed by atoms with E-state index in [1.807, 2.05) is 0 Å². The predicted octanol–water partition coefficient (Wildman–Crippen LogP) is 12.7. The van der Waals surface area contributed by atoms with E-state index in [-0.39, 0.29) is 0 Å². The summed E-state index contributed by atoms with van der Waals surface area (Å²) in [5.74, 6) is 3.27. The lowest BCUT2D eigenvalue weighted by molar-refractivity contribution is 0.359. The molecule has 0 spiro atoms. The van der Waals surface area contributed by atoms with Crippen molar-refractivity contribution in [1.82, 2.24) is 0 Å². The van der Waals surface area contributed by atoms with Crippen molar-refractivity contribution in [3.63, 3.8) is 0 Å². The molecule has 5 unspecified atom stereocenters. The van der Waals surface area contributed by atoms with Crippen molar-refractivity contribution in [3.8, 4) is 0 Å². The summed E-state index contributed by atoms with van der Waals surface area (Å²) in [5, 5.41) is 0. The largest absolute Gasteiger partial charge is 0.0651 e. The summed E-state index contributed by atoms with van der Waals surface area (Å²) in [4.78, 5) is 0. The molecule has 0 aliphatic rings. The van der Waals surface area contributed by atoms with Gasteiger partial charge in [-0.1, -0.05) is 174 Å². The molecule has 5 atom stereocenters. The molecule has 4 rings (SSSR count). The Morgan fingerprint density at radius 3 is 1.36 bits per heavy atom. The van der Waals surface area contributed by atoms with Gasteiger partial charge >= 0.3 is 0 Å². The second kappa shape index (κ2) is 17.7. The first-order valence-electron chi connectivity index (χ1n) is 16.9. The van der Waals surface area contributed by atoms with E-state index in [9.17, 15) is 0 Å². The van der Waals surface area contributed by atoms with Gasteiger partial charge in [-0.25, -0.2) is 0 Å². The van der Waals surface area contributed by atoms with Gasteiger partial charge in [-0.15, -0.1) is 0 Å². The second-order valence-corrected chi connectivity index (χ2v) is 12.7. The molecule has 0 heterocycles. The van der Waals surface area contributed by atoms with Gasteiger partial charge in [0.25, 0.3) is 0 Å². The van der Waals surface area contributed by atoms with Crippen LogP contribution in [0.1, 0.15) is 131 Å². The molecule has 0 saturated carbocycles. The van der Waals surface area contributed by atoms with Crippen molar-refractivity contribution in [3.05, 3.63) is 144 Å². The second-order valence-electron chi connectivity index (χ2n) is 12.7.